The first kappa shape index (κ1) is 10.4. The Bertz CT molecular complexity index is 124. The molecule has 4 nitrogen and oxygen atoms in total. The molecule has 0 bridgehead atoms. The minimum absolute atomic E-state index is 0.0348. The average molecular weight is 162 g/mol. The summed E-state index contributed by atoms with van der Waals surface area (Å²) in [6.07, 6.45) is 0. The zero-order chi connectivity index (χ0) is 8.85. The molecule has 0 heterocycles. The van der Waals surface area contributed by atoms with Gasteiger partial charge in [0.2, 0.25) is 0 Å². The van der Waals surface area contributed by atoms with Crippen LogP contribution in [0.2, 0.25) is 0 Å². The summed E-state index contributed by atoms with van der Waals surface area (Å²) in [6, 6.07) is 0. The van der Waals surface area contributed by atoms with E-state index in [1.54, 1.807) is 13.8 Å². The molecule has 11 heavy (non-hydrogen) atoms. The van der Waals surface area contributed by atoms with E-state index in [0.29, 0.717) is 6.61 Å². The third kappa shape index (κ3) is 3.95. The highest BCUT2D eigenvalue weighted by molar-refractivity contribution is 5.69. The number of carboxylic acids is 1. The Balaban J connectivity index is 3.63. The van der Waals surface area contributed by atoms with Crippen molar-refractivity contribution in [2.75, 3.05) is 13.7 Å². The fourth-order valence-corrected chi connectivity index (χ4v) is 0.563. The highest BCUT2D eigenvalue weighted by atomic mass is 17.2. The largest absolute Gasteiger partial charge is 0.481 e. The highest BCUT2D eigenvalue weighted by Crippen LogP contribution is 2.10. The van der Waals surface area contributed by atoms with E-state index in [9.17, 15) is 4.79 Å². The van der Waals surface area contributed by atoms with Gasteiger partial charge in [0.1, 0.15) is 0 Å². The molecule has 0 aromatic rings. The summed E-state index contributed by atoms with van der Waals surface area (Å²) < 4.78 is 0. The lowest BCUT2D eigenvalue weighted by Gasteiger charge is -2.13. The van der Waals surface area contributed by atoms with E-state index in [2.05, 4.69) is 9.78 Å². The molecule has 1 N–H and O–H groups in total. The summed E-state index contributed by atoms with van der Waals surface area (Å²) in [6.45, 7) is 3.76. The van der Waals surface area contributed by atoms with Gasteiger partial charge in [-0.3, -0.25) is 4.79 Å². The first-order valence-corrected chi connectivity index (χ1v) is 3.48. The molecular weight excluding hydrogens is 148 g/mol. The van der Waals surface area contributed by atoms with Crippen molar-refractivity contribution in [2.45, 2.75) is 13.8 Å². The molecular formula is C7H14O4. The maximum Gasteiger partial charge on any atom is 0.306 e. The molecule has 0 spiro atoms. The van der Waals surface area contributed by atoms with E-state index in [-0.39, 0.29) is 5.92 Å². The molecule has 4 heteroatoms. The van der Waals surface area contributed by atoms with Crippen LogP contribution in [0.5, 0.6) is 0 Å². The van der Waals surface area contributed by atoms with Gasteiger partial charge in [-0.05, 0) is 5.92 Å². The molecule has 66 valence electrons. The van der Waals surface area contributed by atoms with Crippen molar-refractivity contribution < 1.29 is 19.7 Å². The Morgan fingerprint density at radius 1 is 1.55 bits per heavy atom. The van der Waals surface area contributed by atoms with Crippen LogP contribution < -0.4 is 0 Å². The van der Waals surface area contributed by atoms with Crippen LogP contribution in [0.25, 0.3) is 0 Å². The lowest BCUT2D eigenvalue weighted by molar-refractivity contribution is -0.280. The fourth-order valence-electron chi connectivity index (χ4n) is 0.563. The van der Waals surface area contributed by atoms with Gasteiger partial charge in [0.25, 0.3) is 0 Å². The Hall–Kier alpha value is -0.610. The molecule has 2 unspecified atom stereocenters. The second-order valence-corrected chi connectivity index (χ2v) is 2.56. The SMILES string of the molecule is COOCC(C)C(C)C(=O)O. The lowest BCUT2D eigenvalue weighted by atomic mass is 9.97. The maximum atomic E-state index is 10.4. The van der Waals surface area contributed by atoms with E-state index >= 15 is 0 Å². The quantitative estimate of drug-likeness (QED) is 0.482. The van der Waals surface area contributed by atoms with Crippen molar-refractivity contribution in [3.05, 3.63) is 0 Å². The molecule has 0 aromatic heterocycles. The third-order valence-electron chi connectivity index (χ3n) is 1.69. The Labute approximate surface area is 66.0 Å². The summed E-state index contributed by atoms with van der Waals surface area (Å²) in [7, 11) is 1.40. The van der Waals surface area contributed by atoms with Crippen molar-refractivity contribution in [3.8, 4) is 0 Å². The van der Waals surface area contributed by atoms with Crippen LogP contribution in [-0.2, 0) is 14.6 Å². The monoisotopic (exact) mass is 162 g/mol. The Kier molecular flexibility index (Phi) is 4.81. The van der Waals surface area contributed by atoms with Crippen molar-refractivity contribution in [1.82, 2.24) is 0 Å². The van der Waals surface area contributed by atoms with Crippen molar-refractivity contribution in [3.63, 3.8) is 0 Å². The predicted molar refractivity (Wildman–Crippen MR) is 38.9 cm³/mol. The zero-order valence-corrected chi connectivity index (χ0v) is 7.03. The number of carboxylic acid groups (broad SMARTS) is 1. The van der Waals surface area contributed by atoms with Crippen LogP contribution in [0, 0.1) is 11.8 Å². The van der Waals surface area contributed by atoms with E-state index in [1.165, 1.54) is 7.11 Å². The van der Waals surface area contributed by atoms with Crippen LogP contribution in [0.15, 0.2) is 0 Å². The molecule has 0 aliphatic heterocycles. The minimum Gasteiger partial charge on any atom is -0.481 e. The summed E-state index contributed by atoms with van der Waals surface area (Å²) in [4.78, 5) is 19.4. The van der Waals surface area contributed by atoms with Crippen LogP contribution in [0.3, 0.4) is 0 Å². The van der Waals surface area contributed by atoms with Gasteiger partial charge in [-0.15, -0.1) is 0 Å². The lowest BCUT2D eigenvalue weighted by Crippen LogP contribution is -2.22. The van der Waals surface area contributed by atoms with Gasteiger partial charge in [0, 0.05) is 0 Å². The molecule has 0 saturated carbocycles. The molecule has 0 radical (unpaired) electrons. The molecule has 0 rings (SSSR count). The molecule has 2 atom stereocenters. The number of aliphatic carboxylic acids is 1. The number of rotatable bonds is 5. The number of carbonyl (C=O) groups is 1. The molecule has 0 aliphatic rings. The van der Waals surface area contributed by atoms with Crippen molar-refractivity contribution in [2.24, 2.45) is 11.8 Å². The van der Waals surface area contributed by atoms with Crippen molar-refractivity contribution in [1.29, 1.82) is 0 Å². The molecule has 0 fully saturated rings. The second kappa shape index (κ2) is 5.09. The van der Waals surface area contributed by atoms with E-state index in [4.69, 9.17) is 5.11 Å². The fraction of sp³-hybridized carbons (Fsp3) is 0.857. The second-order valence-electron chi connectivity index (χ2n) is 2.56. The van der Waals surface area contributed by atoms with Gasteiger partial charge >= 0.3 is 5.97 Å². The molecule has 0 aromatic carbocycles. The smallest absolute Gasteiger partial charge is 0.306 e. The van der Waals surface area contributed by atoms with Crippen LogP contribution in [-0.4, -0.2) is 24.8 Å². The van der Waals surface area contributed by atoms with Gasteiger partial charge in [0.05, 0.1) is 19.6 Å². The zero-order valence-electron chi connectivity index (χ0n) is 7.03. The van der Waals surface area contributed by atoms with E-state index in [0.717, 1.165) is 0 Å². The van der Waals surface area contributed by atoms with Gasteiger partial charge in [0.15, 0.2) is 0 Å². The summed E-state index contributed by atoms with van der Waals surface area (Å²) in [5.41, 5.74) is 0. The van der Waals surface area contributed by atoms with Crippen LogP contribution >= 0.6 is 0 Å². The topological polar surface area (TPSA) is 55.8 Å². The number of hydrogen-bond acceptors (Lipinski definition) is 3. The van der Waals surface area contributed by atoms with E-state index in [1.807, 2.05) is 0 Å². The summed E-state index contributed by atoms with van der Waals surface area (Å²) >= 11 is 0. The Morgan fingerprint density at radius 3 is 2.45 bits per heavy atom. The standard InChI is InChI=1S/C7H14O4/c1-5(4-11-10-3)6(2)7(8)9/h5-6H,4H2,1-3H3,(H,8,9). The van der Waals surface area contributed by atoms with Gasteiger partial charge in [-0.1, -0.05) is 13.8 Å². The predicted octanol–water partition coefficient (Wildman–Crippen LogP) is 0.921. The van der Waals surface area contributed by atoms with Crippen molar-refractivity contribution >= 4 is 5.97 Å². The van der Waals surface area contributed by atoms with Crippen LogP contribution in [0.1, 0.15) is 13.8 Å². The molecule has 0 aliphatic carbocycles. The summed E-state index contributed by atoms with van der Waals surface area (Å²) in [5, 5.41) is 8.56. The van der Waals surface area contributed by atoms with Gasteiger partial charge in [-0.2, -0.15) is 0 Å². The summed E-state index contributed by atoms with van der Waals surface area (Å²) in [5.74, 6) is -1.24. The highest BCUT2D eigenvalue weighted by Gasteiger charge is 2.19. The average Bonchev–Trinajstić information content (AvgIpc) is 1.98. The maximum absolute atomic E-state index is 10.4. The first-order chi connectivity index (χ1) is 5.09. The Morgan fingerprint density at radius 2 is 2.09 bits per heavy atom. The first-order valence-electron chi connectivity index (χ1n) is 3.48. The number of hydrogen-bond donors (Lipinski definition) is 1. The van der Waals surface area contributed by atoms with E-state index < -0.39 is 11.9 Å². The van der Waals surface area contributed by atoms with Gasteiger partial charge < -0.3 is 5.11 Å². The van der Waals surface area contributed by atoms with Gasteiger partial charge in [-0.25, -0.2) is 9.78 Å². The minimum atomic E-state index is -0.808. The third-order valence-corrected chi connectivity index (χ3v) is 1.69. The molecule has 0 amide bonds. The molecule has 0 saturated heterocycles. The van der Waals surface area contributed by atoms with Crippen LogP contribution in [0.4, 0.5) is 0 Å². The normalized spacial score (nSPS) is 15.9.